The maximum Gasteiger partial charge on any atom is 0.229 e. The number of nitrogens with zero attached hydrogens (tertiary/aromatic N) is 3. The van der Waals surface area contributed by atoms with Crippen LogP contribution in [-0.2, 0) is 0 Å². The molecule has 2 rings (SSSR count). The highest BCUT2D eigenvalue weighted by molar-refractivity contribution is 6.49. The monoisotopic (exact) mass is 285 g/mol. The molecule has 0 N–H and O–H groups in total. The molecule has 1 aromatic carbocycles. The van der Waals surface area contributed by atoms with Crippen molar-refractivity contribution in [3.8, 4) is 5.75 Å². The molecule has 1 unspecified atom stereocenters. The van der Waals surface area contributed by atoms with Crippen LogP contribution < -0.4 is 4.43 Å². The number of aromatic nitrogens is 2. The van der Waals surface area contributed by atoms with Gasteiger partial charge in [0.1, 0.15) is 5.75 Å². The Bertz CT molecular complexity index is 572. The van der Waals surface area contributed by atoms with Gasteiger partial charge in [-0.15, -0.1) is 0 Å². The molecule has 0 aliphatic rings. The van der Waals surface area contributed by atoms with Gasteiger partial charge >= 0.3 is 0 Å². The minimum Gasteiger partial charge on any atom is -0.547 e. The molecule has 0 radical (unpaired) electrons. The summed E-state index contributed by atoms with van der Waals surface area (Å²) in [5, 5.41) is 0. The molecule has 1 atom stereocenters. The summed E-state index contributed by atoms with van der Waals surface area (Å²) in [6, 6.07) is 9.87. The van der Waals surface area contributed by atoms with Crippen molar-refractivity contribution >= 4 is 15.3 Å². The number of para-hydroxylation sites is 1. The Morgan fingerprint density at radius 1 is 1.15 bits per heavy atom. The molecular formula is C15H19N3OSi. The largest absolute Gasteiger partial charge is 0.547 e. The van der Waals surface area contributed by atoms with Crippen molar-refractivity contribution in [1.82, 2.24) is 9.97 Å². The summed E-state index contributed by atoms with van der Waals surface area (Å²) < 4.78 is 5.95. The first-order valence-electron chi connectivity index (χ1n) is 6.72. The predicted octanol–water partition coefficient (Wildman–Crippen LogP) is 3.02. The quantitative estimate of drug-likeness (QED) is 0.626. The van der Waals surface area contributed by atoms with E-state index in [2.05, 4.69) is 34.1 Å². The Morgan fingerprint density at radius 3 is 2.55 bits per heavy atom. The van der Waals surface area contributed by atoms with Gasteiger partial charge in [0.25, 0.3) is 0 Å². The zero-order valence-corrected chi connectivity index (χ0v) is 13.2. The van der Waals surface area contributed by atoms with Crippen LogP contribution in [-0.4, -0.2) is 25.2 Å². The van der Waals surface area contributed by atoms with Crippen molar-refractivity contribution in [2.24, 2.45) is 4.99 Å². The van der Waals surface area contributed by atoms with Crippen LogP contribution in [0.1, 0.15) is 24.4 Å². The molecule has 20 heavy (non-hydrogen) atoms. The van der Waals surface area contributed by atoms with Crippen molar-refractivity contribution in [2.75, 3.05) is 0 Å². The number of hydrogen-bond acceptors (Lipinski definition) is 4. The average Bonchev–Trinajstić information content (AvgIpc) is 2.46. The van der Waals surface area contributed by atoms with Crippen molar-refractivity contribution in [3.63, 3.8) is 0 Å². The summed E-state index contributed by atoms with van der Waals surface area (Å²) in [4.78, 5) is 12.8. The van der Waals surface area contributed by atoms with E-state index in [1.165, 1.54) is 0 Å². The highest BCUT2D eigenvalue weighted by Gasteiger charge is 2.10. The Kier molecular flexibility index (Phi) is 5.01. The van der Waals surface area contributed by atoms with Gasteiger partial charge in [0.2, 0.25) is 9.04 Å². The van der Waals surface area contributed by atoms with Crippen LogP contribution >= 0.6 is 0 Å². The zero-order valence-electron chi connectivity index (χ0n) is 12.0. The van der Waals surface area contributed by atoms with Crippen molar-refractivity contribution in [3.05, 3.63) is 54.1 Å². The molecule has 0 aliphatic heterocycles. The van der Waals surface area contributed by atoms with E-state index in [4.69, 9.17) is 4.43 Å². The molecule has 0 aliphatic carbocycles. The number of aliphatic imine (C=N–C) groups is 1. The van der Waals surface area contributed by atoms with Crippen molar-refractivity contribution in [1.29, 1.82) is 0 Å². The lowest BCUT2D eigenvalue weighted by Crippen LogP contribution is -2.13. The second kappa shape index (κ2) is 6.95. The standard InChI is InChI=1S/C15H19N3OSi/c1-12(18-11-15-16-9-6-10-17-15)13-7-4-5-8-14(13)19-20(2)3/h4-12,20H,1-3H3. The molecule has 1 heterocycles. The van der Waals surface area contributed by atoms with Gasteiger partial charge < -0.3 is 4.43 Å². The lowest BCUT2D eigenvalue weighted by Gasteiger charge is -2.16. The number of rotatable bonds is 5. The van der Waals surface area contributed by atoms with Crippen LogP contribution in [0.25, 0.3) is 0 Å². The van der Waals surface area contributed by atoms with E-state index < -0.39 is 9.04 Å². The van der Waals surface area contributed by atoms with Gasteiger partial charge in [0, 0.05) is 18.0 Å². The van der Waals surface area contributed by atoms with E-state index in [0.29, 0.717) is 5.82 Å². The predicted molar refractivity (Wildman–Crippen MR) is 84.0 cm³/mol. The van der Waals surface area contributed by atoms with Gasteiger partial charge in [-0.2, -0.15) is 0 Å². The van der Waals surface area contributed by atoms with Crippen LogP contribution in [0.4, 0.5) is 0 Å². The normalized spacial score (nSPS) is 12.8. The SMILES string of the molecule is CC(N=Cc1ncccn1)c1ccccc1O[SiH](C)C. The molecule has 0 fully saturated rings. The van der Waals surface area contributed by atoms with Gasteiger partial charge in [-0.1, -0.05) is 18.2 Å². The molecule has 0 spiro atoms. The summed E-state index contributed by atoms with van der Waals surface area (Å²) in [5.74, 6) is 1.56. The molecule has 1 aromatic heterocycles. The van der Waals surface area contributed by atoms with Crippen LogP contribution in [0.5, 0.6) is 5.75 Å². The van der Waals surface area contributed by atoms with Crippen LogP contribution in [0.3, 0.4) is 0 Å². The summed E-state index contributed by atoms with van der Waals surface area (Å²) in [5.41, 5.74) is 1.10. The van der Waals surface area contributed by atoms with Gasteiger partial charge in [-0.05, 0) is 32.2 Å². The molecular weight excluding hydrogens is 266 g/mol. The molecule has 0 amide bonds. The van der Waals surface area contributed by atoms with E-state index in [1.807, 2.05) is 25.1 Å². The third-order valence-electron chi connectivity index (χ3n) is 2.73. The van der Waals surface area contributed by atoms with Gasteiger partial charge in [0.05, 0.1) is 12.3 Å². The highest BCUT2D eigenvalue weighted by Crippen LogP contribution is 2.27. The molecule has 5 heteroatoms. The van der Waals surface area contributed by atoms with Crippen LogP contribution in [0, 0.1) is 0 Å². The first-order valence-corrected chi connectivity index (χ1v) is 9.50. The second-order valence-corrected chi connectivity index (χ2v) is 7.10. The van der Waals surface area contributed by atoms with E-state index >= 15 is 0 Å². The second-order valence-electron chi connectivity index (χ2n) is 4.77. The summed E-state index contributed by atoms with van der Waals surface area (Å²) in [6.07, 6.45) is 5.12. The zero-order chi connectivity index (χ0) is 14.4. The minimum absolute atomic E-state index is 0.0164. The minimum atomic E-state index is -1.12. The first-order chi connectivity index (χ1) is 9.66. The van der Waals surface area contributed by atoms with E-state index in [1.54, 1.807) is 24.7 Å². The van der Waals surface area contributed by atoms with E-state index in [9.17, 15) is 0 Å². The lowest BCUT2D eigenvalue weighted by molar-refractivity contribution is 0.563. The summed E-state index contributed by atoms with van der Waals surface area (Å²) in [6.45, 7) is 6.36. The van der Waals surface area contributed by atoms with E-state index in [0.717, 1.165) is 11.3 Å². The fraction of sp³-hybridized carbons (Fsp3) is 0.267. The third kappa shape index (κ3) is 3.99. The molecule has 0 bridgehead atoms. The first kappa shape index (κ1) is 14.4. The van der Waals surface area contributed by atoms with Gasteiger partial charge in [-0.25, -0.2) is 9.97 Å². The summed E-state index contributed by atoms with van der Waals surface area (Å²) in [7, 11) is -1.12. The molecule has 2 aromatic rings. The lowest BCUT2D eigenvalue weighted by atomic mass is 10.1. The van der Waals surface area contributed by atoms with Gasteiger partial charge in [0.15, 0.2) is 5.82 Å². The maximum atomic E-state index is 5.95. The molecule has 104 valence electrons. The molecule has 0 saturated carbocycles. The smallest absolute Gasteiger partial charge is 0.229 e. The van der Waals surface area contributed by atoms with Crippen LogP contribution in [0.15, 0.2) is 47.7 Å². The van der Waals surface area contributed by atoms with Gasteiger partial charge in [-0.3, -0.25) is 4.99 Å². The average molecular weight is 285 g/mol. The highest BCUT2D eigenvalue weighted by atomic mass is 28.3. The molecule has 0 saturated heterocycles. The molecule has 4 nitrogen and oxygen atoms in total. The Balaban J connectivity index is 2.17. The number of hydrogen-bond donors (Lipinski definition) is 0. The Labute approximate surface area is 121 Å². The topological polar surface area (TPSA) is 47.4 Å². The summed E-state index contributed by atoms with van der Waals surface area (Å²) >= 11 is 0. The van der Waals surface area contributed by atoms with Crippen molar-refractivity contribution in [2.45, 2.75) is 26.1 Å². The van der Waals surface area contributed by atoms with E-state index in [-0.39, 0.29) is 6.04 Å². The Hall–Kier alpha value is -2.01. The van der Waals surface area contributed by atoms with Crippen LogP contribution in [0.2, 0.25) is 13.1 Å². The Morgan fingerprint density at radius 2 is 1.85 bits per heavy atom. The maximum absolute atomic E-state index is 5.95. The third-order valence-corrected chi connectivity index (χ3v) is 3.46. The van der Waals surface area contributed by atoms with Crippen molar-refractivity contribution < 1.29 is 4.43 Å². The number of benzene rings is 1. The fourth-order valence-corrected chi connectivity index (χ4v) is 2.55. The fourth-order valence-electron chi connectivity index (χ4n) is 1.82.